The molecule has 5 nitrogen and oxygen atoms in total. The summed E-state index contributed by atoms with van der Waals surface area (Å²) in [6.45, 7) is 3.22. The SMILES string of the molecule is CC(C)[O-].O=P([O-])(O)O.[Na+].[Na+]. The van der Waals surface area contributed by atoms with Crippen LogP contribution < -0.4 is 69.1 Å². The second-order valence-corrected chi connectivity index (χ2v) is 2.52. The molecule has 0 heterocycles. The maximum atomic E-state index is 9.53. The molecule has 0 aliphatic heterocycles. The van der Waals surface area contributed by atoms with Crippen LogP contribution in [0, 0.1) is 0 Å². The molecule has 0 aliphatic rings. The van der Waals surface area contributed by atoms with E-state index in [0.29, 0.717) is 0 Å². The Morgan fingerprint density at radius 2 is 1.27 bits per heavy atom. The van der Waals surface area contributed by atoms with Crippen LogP contribution in [0.4, 0.5) is 0 Å². The zero-order chi connectivity index (χ0) is 8.08. The summed E-state index contributed by atoms with van der Waals surface area (Å²) in [4.78, 5) is 22.9. The van der Waals surface area contributed by atoms with Crippen LogP contribution in [0.5, 0.6) is 0 Å². The van der Waals surface area contributed by atoms with Gasteiger partial charge in [-0.15, -0.1) is 6.10 Å². The third kappa shape index (κ3) is 286. The summed E-state index contributed by atoms with van der Waals surface area (Å²) in [5.41, 5.74) is 0. The van der Waals surface area contributed by atoms with E-state index in [-0.39, 0.29) is 59.1 Å². The molecule has 0 aliphatic carbocycles. The molecule has 0 saturated heterocycles. The normalized spacial score (nSPS) is 8.64. The van der Waals surface area contributed by atoms with Crippen molar-refractivity contribution in [1.29, 1.82) is 0 Å². The van der Waals surface area contributed by atoms with E-state index >= 15 is 0 Å². The second kappa shape index (κ2) is 12.1. The maximum absolute atomic E-state index is 9.53. The molecule has 0 unspecified atom stereocenters. The van der Waals surface area contributed by atoms with Gasteiger partial charge in [0.05, 0.1) is 0 Å². The number of phosphoric acid groups is 1. The molecule has 0 atom stereocenters. The third-order valence-electron chi connectivity index (χ3n) is 0. The van der Waals surface area contributed by atoms with Gasteiger partial charge in [-0.3, -0.25) is 4.57 Å². The zero-order valence-electron chi connectivity index (χ0n) is 7.14. The Kier molecular flexibility index (Phi) is 25.4. The molecule has 0 radical (unpaired) electrons. The average Bonchev–Trinajstić information content (AvgIpc) is 1.19. The van der Waals surface area contributed by atoms with E-state index in [9.17, 15) is 5.11 Å². The molecular weight excluding hydrogens is 193 g/mol. The molecule has 0 saturated carbocycles. The van der Waals surface area contributed by atoms with Crippen molar-refractivity contribution in [2.45, 2.75) is 20.0 Å². The van der Waals surface area contributed by atoms with Crippen LogP contribution in [0.15, 0.2) is 0 Å². The molecule has 0 aromatic carbocycles. The van der Waals surface area contributed by atoms with Crippen molar-refractivity contribution in [2.75, 3.05) is 0 Å². The molecule has 0 aromatic heterocycles. The summed E-state index contributed by atoms with van der Waals surface area (Å²) in [6, 6.07) is 0. The first-order valence-electron chi connectivity index (χ1n) is 2.16. The summed E-state index contributed by atoms with van der Waals surface area (Å²) in [5.74, 6) is 0. The van der Waals surface area contributed by atoms with Gasteiger partial charge < -0.3 is 19.8 Å². The zero-order valence-corrected chi connectivity index (χ0v) is 12.0. The van der Waals surface area contributed by atoms with Crippen molar-refractivity contribution in [2.24, 2.45) is 0 Å². The third-order valence-corrected chi connectivity index (χ3v) is 0. The van der Waals surface area contributed by atoms with E-state index in [4.69, 9.17) is 19.2 Å². The molecule has 0 bridgehead atoms. The van der Waals surface area contributed by atoms with Gasteiger partial charge in [-0.1, -0.05) is 13.8 Å². The maximum Gasteiger partial charge on any atom is 1.00 e. The summed E-state index contributed by atoms with van der Waals surface area (Å²) in [6.07, 6.45) is -0.417. The molecule has 0 rings (SSSR count). The van der Waals surface area contributed by atoms with E-state index in [2.05, 4.69) is 0 Å². The fraction of sp³-hybridized carbons (Fsp3) is 1.00. The van der Waals surface area contributed by atoms with Gasteiger partial charge in [-0.25, -0.2) is 0 Å². The van der Waals surface area contributed by atoms with Crippen molar-refractivity contribution in [3.05, 3.63) is 0 Å². The van der Waals surface area contributed by atoms with Gasteiger partial charge in [0.1, 0.15) is 0 Å². The van der Waals surface area contributed by atoms with Gasteiger partial charge in [0, 0.05) is 0 Å². The van der Waals surface area contributed by atoms with Crippen molar-refractivity contribution in [3.63, 3.8) is 0 Å². The van der Waals surface area contributed by atoms with E-state index in [1.54, 1.807) is 13.8 Å². The summed E-state index contributed by atoms with van der Waals surface area (Å²) >= 11 is 0. The van der Waals surface area contributed by atoms with Crippen LogP contribution in [0.2, 0.25) is 0 Å². The van der Waals surface area contributed by atoms with E-state index in [1.165, 1.54) is 0 Å². The van der Waals surface area contributed by atoms with Gasteiger partial charge in [-0.05, 0) is 0 Å². The van der Waals surface area contributed by atoms with Crippen LogP contribution in [0.1, 0.15) is 13.8 Å². The Balaban J connectivity index is -0.0000000383. The minimum atomic E-state index is -4.89. The summed E-state index contributed by atoms with van der Waals surface area (Å²) in [5, 5.41) is 9.53. The molecule has 2 N–H and O–H groups in total. The standard InChI is InChI=1S/C3H7O.2Na.H3O4P/c1-3(2)4;;;1-5(2,3)4/h3H,1-2H3;;;(H3,1,2,3,4)/q-1;2*+1;/p-1. The van der Waals surface area contributed by atoms with Gasteiger partial charge in [0.2, 0.25) is 0 Å². The minimum absolute atomic E-state index is 0. The molecular formula is C3H9Na2O5P. The second-order valence-electron chi connectivity index (χ2n) is 1.54. The van der Waals surface area contributed by atoms with Gasteiger partial charge in [-0.2, -0.15) is 0 Å². The van der Waals surface area contributed by atoms with Gasteiger partial charge in [0.15, 0.2) is 0 Å². The van der Waals surface area contributed by atoms with E-state index in [1.807, 2.05) is 0 Å². The fourth-order valence-corrected chi connectivity index (χ4v) is 0. The van der Waals surface area contributed by atoms with Crippen LogP contribution >= 0.6 is 7.82 Å². The molecule has 8 heteroatoms. The summed E-state index contributed by atoms with van der Waals surface area (Å²) in [7, 11) is -4.89. The number of hydrogen-bond donors (Lipinski definition) is 2. The smallest absolute Gasteiger partial charge is 0.852 e. The van der Waals surface area contributed by atoms with Gasteiger partial charge in [0.25, 0.3) is 7.82 Å². The monoisotopic (exact) mass is 202 g/mol. The number of rotatable bonds is 0. The van der Waals surface area contributed by atoms with Crippen molar-refractivity contribution in [3.8, 4) is 0 Å². The van der Waals surface area contributed by atoms with Gasteiger partial charge >= 0.3 is 59.1 Å². The Morgan fingerprint density at radius 3 is 1.27 bits per heavy atom. The van der Waals surface area contributed by atoms with Crippen LogP contribution in [0.25, 0.3) is 0 Å². The van der Waals surface area contributed by atoms with Crippen molar-refractivity contribution >= 4 is 7.82 Å². The molecule has 0 amide bonds. The first kappa shape index (κ1) is 23.1. The fourth-order valence-electron chi connectivity index (χ4n) is 0. The average molecular weight is 202 g/mol. The van der Waals surface area contributed by atoms with Crippen LogP contribution in [-0.2, 0) is 4.57 Å². The Hall–Kier alpha value is 2.07. The molecule has 0 spiro atoms. The quantitative estimate of drug-likeness (QED) is 0.300. The first-order chi connectivity index (χ1) is 3.73. The molecule has 11 heavy (non-hydrogen) atoms. The number of hydrogen-bond acceptors (Lipinski definition) is 3. The largest absolute Gasteiger partial charge is 1.00 e. The van der Waals surface area contributed by atoms with Crippen LogP contribution in [0.3, 0.4) is 0 Å². The van der Waals surface area contributed by atoms with Crippen molar-refractivity contribution < 1.29 is 83.5 Å². The Bertz CT molecular complexity index is 90.9. The Labute approximate surface area is 110 Å². The molecule has 0 fully saturated rings. The summed E-state index contributed by atoms with van der Waals surface area (Å²) < 4.78 is 8.77. The predicted molar refractivity (Wildman–Crippen MR) is 27.2 cm³/mol. The predicted octanol–water partition coefficient (Wildman–Crippen LogP) is -7.80. The van der Waals surface area contributed by atoms with Crippen molar-refractivity contribution in [1.82, 2.24) is 0 Å². The molecule has 0 aromatic rings. The minimum Gasteiger partial charge on any atom is -0.852 e. The molecule has 58 valence electrons. The van der Waals surface area contributed by atoms with E-state index in [0.717, 1.165) is 0 Å². The Morgan fingerprint density at radius 1 is 1.27 bits per heavy atom. The first-order valence-corrected chi connectivity index (χ1v) is 3.69. The van der Waals surface area contributed by atoms with Crippen LogP contribution in [-0.4, -0.2) is 15.9 Å². The topological polar surface area (TPSA) is 104 Å². The van der Waals surface area contributed by atoms with E-state index < -0.39 is 13.9 Å².